The molecule has 0 fully saturated rings. The van der Waals surface area contributed by atoms with E-state index in [0.717, 1.165) is 21.6 Å². The molecule has 2 rings (SSSR count). The summed E-state index contributed by atoms with van der Waals surface area (Å²) in [6.45, 7) is 9.22. The normalized spacial score (nSPS) is 11.8. The molecule has 0 saturated heterocycles. The van der Waals surface area contributed by atoms with E-state index in [1.807, 2.05) is 13.0 Å². The fraction of sp³-hybridized carbons (Fsp3) is 0.400. The molecule has 0 spiro atoms. The molecule has 0 unspecified atom stereocenters. The van der Waals surface area contributed by atoms with Crippen LogP contribution in [0.1, 0.15) is 32.0 Å². The maximum absolute atomic E-state index is 5.42. The highest BCUT2D eigenvalue weighted by atomic mass is 79.9. The summed E-state index contributed by atoms with van der Waals surface area (Å²) >= 11 is 5.09. The largest absolute Gasteiger partial charge is 0.439 e. The SMILES string of the molecule is Cc1coc(Sc2ccc(Br)cc2CNC(C)(C)C)n1. The number of oxazole rings is 1. The minimum atomic E-state index is 0.0871. The monoisotopic (exact) mass is 354 g/mol. The molecule has 20 heavy (non-hydrogen) atoms. The molecule has 0 aliphatic carbocycles. The molecule has 0 aliphatic rings. The van der Waals surface area contributed by atoms with E-state index in [1.165, 1.54) is 5.56 Å². The molecule has 1 aromatic carbocycles. The van der Waals surface area contributed by atoms with Crippen LogP contribution in [-0.4, -0.2) is 10.5 Å². The van der Waals surface area contributed by atoms with Crippen molar-refractivity contribution < 1.29 is 4.42 Å². The third-order valence-electron chi connectivity index (χ3n) is 2.63. The van der Waals surface area contributed by atoms with E-state index in [2.05, 4.69) is 59.1 Å². The fourth-order valence-electron chi connectivity index (χ4n) is 1.62. The van der Waals surface area contributed by atoms with Crippen LogP contribution >= 0.6 is 27.7 Å². The summed E-state index contributed by atoms with van der Waals surface area (Å²) in [6.07, 6.45) is 1.67. The number of hydrogen-bond donors (Lipinski definition) is 1. The maximum Gasteiger partial charge on any atom is 0.260 e. The molecule has 0 atom stereocenters. The third-order valence-corrected chi connectivity index (χ3v) is 4.10. The van der Waals surface area contributed by atoms with Crippen molar-refractivity contribution in [1.82, 2.24) is 10.3 Å². The highest BCUT2D eigenvalue weighted by Gasteiger charge is 2.13. The molecule has 3 nitrogen and oxygen atoms in total. The molecule has 0 amide bonds. The maximum atomic E-state index is 5.42. The van der Waals surface area contributed by atoms with Gasteiger partial charge < -0.3 is 9.73 Å². The Hall–Kier alpha value is -0.780. The van der Waals surface area contributed by atoms with Gasteiger partial charge in [-0.3, -0.25) is 0 Å². The van der Waals surface area contributed by atoms with Crippen molar-refractivity contribution in [3.8, 4) is 0 Å². The molecular formula is C15H19BrN2OS. The average Bonchev–Trinajstić information content (AvgIpc) is 2.74. The highest BCUT2D eigenvalue weighted by Crippen LogP contribution is 2.31. The van der Waals surface area contributed by atoms with Crippen molar-refractivity contribution in [2.45, 2.75) is 49.9 Å². The second-order valence-electron chi connectivity index (χ2n) is 5.71. The van der Waals surface area contributed by atoms with Crippen LogP contribution < -0.4 is 5.32 Å². The predicted molar refractivity (Wildman–Crippen MR) is 86.1 cm³/mol. The summed E-state index contributed by atoms with van der Waals surface area (Å²) in [7, 11) is 0. The van der Waals surface area contributed by atoms with Gasteiger partial charge in [0.2, 0.25) is 0 Å². The second-order valence-corrected chi connectivity index (χ2v) is 7.62. The summed E-state index contributed by atoms with van der Waals surface area (Å²) < 4.78 is 6.50. The van der Waals surface area contributed by atoms with Crippen molar-refractivity contribution in [2.24, 2.45) is 0 Å². The number of halogens is 1. The Kier molecular flexibility index (Phi) is 4.94. The van der Waals surface area contributed by atoms with Gasteiger partial charge in [0.15, 0.2) is 0 Å². The van der Waals surface area contributed by atoms with Crippen LogP contribution in [0.4, 0.5) is 0 Å². The minimum absolute atomic E-state index is 0.0871. The van der Waals surface area contributed by atoms with E-state index >= 15 is 0 Å². The number of nitrogens with one attached hydrogen (secondary N) is 1. The summed E-state index contributed by atoms with van der Waals surface area (Å²) in [5, 5.41) is 4.19. The summed E-state index contributed by atoms with van der Waals surface area (Å²) in [6, 6.07) is 6.27. The van der Waals surface area contributed by atoms with Gasteiger partial charge in [0.25, 0.3) is 5.22 Å². The zero-order valence-electron chi connectivity index (χ0n) is 12.2. The molecule has 5 heteroatoms. The van der Waals surface area contributed by atoms with Gasteiger partial charge in [-0.25, -0.2) is 4.98 Å². The zero-order chi connectivity index (χ0) is 14.8. The Morgan fingerprint density at radius 3 is 2.70 bits per heavy atom. The third kappa shape index (κ3) is 4.65. The van der Waals surface area contributed by atoms with Gasteiger partial charge in [0.05, 0.1) is 5.69 Å². The fourth-order valence-corrected chi connectivity index (χ4v) is 2.90. The molecule has 1 heterocycles. The topological polar surface area (TPSA) is 38.1 Å². The number of hydrogen-bond acceptors (Lipinski definition) is 4. The molecular weight excluding hydrogens is 336 g/mol. The van der Waals surface area contributed by atoms with Crippen LogP contribution in [-0.2, 0) is 6.54 Å². The smallest absolute Gasteiger partial charge is 0.260 e. The Balaban J connectivity index is 2.19. The first-order valence-electron chi connectivity index (χ1n) is 6.47. The van der Waals surface area contributed by atoms with Gasteiger partial charge in [-0.1, -0.05) is 15.9 Å². The summed E-state index contributed by atoms with van der Waals surface area (Å²) in [5.74, 6) is 0. The van der Waals surface area contributed by atoms with Crippen LogP contribution in [0.5, 0.6) is 0 Å². The Bertz CT molecular complexity index is 590. The molecule has 0 radical (unpaired) electrons. The van der Waals surface area contributed by atoms with Crippen molar-refractivity contribution in [1.29, 1.82) is 0 Å². The summed E-state index contributed by atoms with van der Waals surface area (Å²) in [5.41, 5.74) is 2.22. The molecule has 1 N–H and O–H groups in total. The summed E-state index contributed by atoms with van der Waals surface area (Å²) in [4.78, 5) is 5.50. The van der Waals surface area contributed by atoms with Gasteiger partial charge in [-0.05, 0) is 63.2 Å². The first kappa shape index (κ1) is 15.6. The van der Waals surface area contributed by atoms with Gasteiger partial charge in [0.1, 0.15) is 6.26 Å². The molecule has 0 bridgehead atoms. The van der Waals surface area contributed by atoms with E-state index in [9.17, 15) is 0 Å². The molecule has 108 valence electrons. The quantitative estimate of drug-likeness (QED) is 0.856. The van der Waals surface area contributed by atoms with Crippen molar-refractivity contribution in [3.63, 3.8) is 0 Å². The van der Waals surface area contributed by atoms with Crippen molar-refractivity contribution in [2.75, 3.05) is 0 Å². The molecule has 1 aromatic heterocycles. The first-order valence-corrected chi connectivity index (χ1v) is 8.08. The Morgan fingerprint density at radius 1 is 1.35 bits per heavy atom. The predicted octanol–water partition coefficient (Wildman–Crippen LogP) is 4.78. The standard InChI is InChI=1S/C15H19BrN2OS/c1-10-9-19-14(18-10)20-13-6-5-12(16)7-11(13)8-17-15(2,3)4/h5-7,9,17H,8H2,1-4H3. The van der Waals surface area contributed by atoms with Gasteiger partial charge >= 0.3 is 0 Å². The lowest BCUT2D eigenvalue weighted by atomic mass is 10.1. The van der Waals surface area contributed by atoms with Crippen LogP contribution in [0.25, 0.3) is 0 Å². The number of aromatic nitrogens is 1. The van der Waals surface area contributed by atoms with Crippen LogP contribution in [0, 0.1) is 6.92 Å². The van der Waals surface area contributed by atoms with E-state index < -0.39 is 0 Å². The number of benzene rings is 1. The van der Waals surface area contributed by atoms with E-state index in [0.29, 0.717) is 5.22 Å². The highest BCUT2D eigenvalue weighted by molar-refractivity contribution is 9.10. The number of nitrogens with zero attached hydrogens (tertiary/aromatic N) is 1. The van der Waals surface area contributed by atoms with Crippen LogP contribution in [0.3, 0.4) is 0 Å². The lowest BCUT2D eigenvalue weighted by molar-refractivity contribution is 0.422. The molecule has 0 aliphatic heterocycles. The molecule has 0 saturated carbocycles. The van der Waals surface area contributed by atoms with Gasteiger partial charge in [-0.2, -0.15) is 0 Å². The number of rotatable bonds is 4. The van der Waals surface area contributed by atoms with E-state index in [4.69, 9.17) is 4.42 Å². The van der Waals surface area contributed by atoms with Crippen LogP contribution in [0.2, 0.25) is 0 Å². The van der Waals surface area contributed by atoms with E-state index in [1.54, 1.807) is 18.0 Å². The van der Waals surface area contributed by atoms with Crippen molar-refractivity contribution in [3.05, 3.63) is 40.2 Å². The van der Waals surface area contributed by atoms with Crippen molar-refractivity contribution >= 4 is 27.7 Å². The zero-order valence-corrected chi connectivity index (χ0v) is 14.6. The second kappa shape index (κ2) is 6.33. The first-order chi connectivity index (χ1) is 9.33. The average molecular weight is 355 g/mol. The van der Waals surface area contributed by atoms with Gasteiger partial charge in [-0.15, -0.1) is 0 Å². The van der Waals surface area contributed by atoms with Crippen LogP contribution in [0.15, 0.2) is 43.5 Å². The Labute approximate surface area is 132 Å². The van der Waals surface area contributed by atoms with E-state index in [-0.39, 0.29) is 5.54 Å². The minimum Gasteiger partial charge on any atom is -0.439 e. The lowest BCUT2D eigenvalue weighted by Crippen LogP contribution is -2.35. The number of aryl methyl sites for hydroxylation is 1. The van der Waals surface area contributed by atoms with Gasteiger partial charge in [0, 0.05) is 21.5 Å². The Morgan fingerprint density at radius 2 is 2.10 bits per heavy atom. The molecule has 2 aromatic rings. The lowest BCUT2D eigenvalue weighted by Gasteiger charge is -2.21.